The summed E-state index contributed by atoms with van der Waals surface area (Å²) in [4.78, 5) is 85.9. The number of rotatable bonds is 16. The number of hydrogen-bond acceptors (Lipinski definition) is 14. The molecule has 2 heterocycles. The highest BCUT2D eigenvalue weighted by Crippen LogP contribution is 2.25. The van der Waals surface area contributed by atoms with Crippen LogP contribution in [0.25, 0.3) is 0 Å². The van der Waals surface area contributed by atoms with Gasteiger partial charge in [-0.3, -0.25) is 37.5 Å². The third kappa shape index (κ3) is 17.2. The molecule has 69 heavy (non-hydrogen) atoms. The molecular formula is C46H58F2I2N8O11. The van der Waals surface area contributed by atoms with Gasteiger partial charge < -0.3 is 29.7 Å². The van der Waals surface area contributed by atoms with Crippen molar-refractivity contribution in [3.8, 4) is 5.75 Å². The average Bonchev–Trinajstić information content (AvgIpc) is 3.26. The Morgan fingerprint density at radius 3 is 1.51 bits per heavy atom. The molecule has 19 nitrogen and oxygen atoms in total. The topological polar surface area (TPSA) is 230 Å². The third-order valence-electron chi connectivity index (χ3n) is 9.11. The van der Waals surface area contributed by atoms with Crippen molar-refractivity contribution in [2.24, 2.45) is 20.0 Å². The molecule has 376 valence electrons. The van der Waals surface area contributed by atoms with Gasteiger partial charge in [0.1, 0.15) is 34.6 Å². The van der Waals surface area contributed by atoms with E-state index in [4.69, 9.17) is 24.9 Å². The first-order valence-corrected chi connectivity index (χ1v) is 23.4. The molecule has 0 spiro atoms. The second-order valence-corrected chi connectivity index (χ2v) is 19.0. The van der Waals surface area contributed by atoms with Crippen molar-refractivity contribution in [3.05, 3.63) is 138 Å². The minimum atomic E-state index is -0.951. The maximum Gasteiger partial charge on any atom is 0.352 e. The lowest BCUT2D eigenvalue weighted by Gasteiger charge is -2.19. The second kappa shape index (κ2) is 26.6. The van der Waals surface area contributed by atoms with E-state index < -0.39 is 51.6 Å². The smallest absolute Gasteiger partial charge is 0.352 e. The van der Waals surface area contributed by atoms with Gasteiger partial charge in [0.2, 0.25) is 0 Å². The van der Waals surface area contributed by atoms with Crippen LogP contribution in [0.2, 0.25) is 0 Å². The minimum absolute atomic E-state index is 0.0117. The zero-order valence-electron chi connectivity index (χ0n) is 40.0. The summed E-state index contributed by atoms with van der Waals surface area (Å²) in [5, 5.41) is 5.41. The lowest BCUT2D eigenvalue weighted by atomic mass is 10.2. The van der Waals surface area contributed by atoms with Gasteiger partial charge in [-0.25, -0.2) is 34.5 Å². The van der Waals surface area contributed by atoms with Crippen LogP contribution in [0.1, 0.15) is 76.1 Å². The Bertz CT molecular complexity index is 2800. The predicted octanol–water partition coefficient (Wildman–Crippen LogP) is 6.50. The Balaban J connectivity index is 0.000000311. The third-order valence-corrected chi connectivity index (χ3v) is 10.4. The predicted molar refractivity (Wildman–Crippen MR) is 274 cm³/mol. The molecule has 0 fully saturated rings. The summed E-state index contributed by atoms with van der Waals surface area (Å²) in [5.41, 5.74) is -1.91. The number of ether oxygens (including phenoxy) is 3. The number of amides is 1. The van der Waals surface area contributed by atoms with Crippen LogP contribution in [0.5, 0.6) is 5.75 Å². The Labute approximate surface area is 424 Å². The van der Waals surface area contributed by atoms with Gasteiger partial charge in [0.15, 0.2) is 5.56 Å². The Morgan fingerprint density at radius 1 is 0.652 bits per heavy atom. The maximum atomic E-state index is 14.4. The number of benzene rings is 3. The van der Waals surface area contributed by atoms with Gasteiger partial charge in [0.05, 0.1) is 49.0 Å². The first-order valence-electron chi connectivity index (χ1n) is 21.3. The summed E-state index contributed by atoms with van der Waals surface area (Å²) in [6.07, 6.45) is 0. The van der Waals surface area contributed by atoms with E-state index in [0.717, 1.165) is 18.3 Å². The van der Waals surface area contributed by atoms with E-state index in [-0.39, 0.29) is 71.8 Å². The van der Waals surface area contributed by atoms with E-state index >= 15 is 0 Å². The van der Waals surface area contributed by atoms with E-state index in [0.29, 0.717) is 20.4 Å². The molecule has 0 saturated heterocycles. The molecule has 0 aliphatic rings. The maximum absolute atomic E-state index is 14.4. The zero-order valence-corrected chi connectivity index (χ0v) is 44.3. The summed E-state index contributed by atoms with van der Waals surface area (Å²) in [6.45, 7) is 16.2. The quantitative estimate of drug-likeness (QED) is 0.0272. The number of esters is 1. The van der Waals surface area contributed by atoms with E-state index in [1.54, 1.807) is 56.3 Å². The van der Waals surface area contributed by atoms with Crippen molar-refractivity contribution in [2.45, 2.75) is 79.7 Å². The molecule has 5 N–H and O–H groups in total. The van der Waals surface area contributed by atoms with E-state index in [1.165, 1.54) is 38.4 Å². The first-order chi connectivity index (χ1) is 32.3. The van der Waals surface area contributed by atoms with Crippen LogP contribution in [-0.4, -0.2) is 67.8 Å². The lowest BCUT2D eigenvalue weighted by molar-refractivity contribution is -0.0511. The Kier molecular flexibility index (Phi) is 22.4. The van der Waals surface area contributed by atoms with Crippen molar-refractivity contribution >= 4 is 80.1 Å². The van der Waals surface area contributed by atoms with Crippen LogP contribution < -0.4 is 49.2 Å². The van der Waals surface area contributed by atoms with Crippen LogP contribution in [0.15, 0.2) is 85.9 Å². The van der Waals surface area contributed by atoms with E-state index in [9.17, 15) is 37.5 Å². The highest BCUT2D eigenvalue weighted by Gasteiger charge is 2.27. The molecular weight excluding hydrogens is 1130 g/mol. The highest BCUT2D eigenvalue weighted by atomic mass is 127. The molecule has 0 unspecified atom stereocenters. The van der Waals surface area contributed by atoms with Gasteiger partial charge in [0, 0.05) is 34.3 Å². The fraction of sp³-hybridized carbons (Fsp3) is 0.391. The van der Waals surface area contributed by atoms with Gasteiger partial charge in [-0.2, -0.15) is 0 Å². The summed E-state index contributed by atoms with van der Waals surface area (Å²) >= 11 is 3.92. The monoisotopic (exact) mass is 1190 g/mol. The Morgan fingerprint density at radius 2 is 1.09 bits per heavy atom. The van der Waals surface area contributed by atoms with Crippen LogP contribution in [0, 0.1) is 18.8 Å². The van der Waals surface area contributed by atoms with Crippen LogP contribution in [0.4, 0.5) is 31.8 Å². The molecule has 5 rings (SSSR count). The first kappa shape index (κ1) is 58.0. The number of nitrogens with zero attached hydrogens (tertiary/aromatic N) is 4. The number of hydrogen-bond donors (Lipinski definition) is 4. The molecule has 0 saturated carbocycles. The molecule has 1 amide bonds. The summed E-state index contributed by atoms with van der Waals surface area (Å²) in [7, 11) is 2.77. The fourth-order valence-electron chi connectivity index (χ4n) is 5.81. The van der Waals surface area contributed by atoms with Gasteiger partial charge >= 0.3 is 17.3 Å². The van der Waals surface area contributed by atoms with Crippen molar-refractivity contribution < 1.29 is 42.3 Å². The van der Waals surface area contributed by atoms with Crippen molar-refractivity contribution in [2.75, 3.05) is 37.1 Å². The van der Waals surface area contributed by atoms with Crippen LogP contribution in [0.3, 0.4) is 0 Å². The van der Waals surface area contributed by atoms with Crippen LogP contribution >= 0.6 is 45.2 Å². The average molecular weight is 1190 g/mol. The van der Waals surface area contributed by atoms with Crippen molar-refractivity contribution in [1.29, 1.82) is 0 Å². The van der Waals surface area contributed by atoms with Gasteiger partial charge in [0.25, 0.3) is 17.0 Å². The molecule has 0 radical (unpaired) electrons. The molecule has 2 aromatic heterocycles. The number of nitrogens with one attached hydrogen (secondary N) is 3. The number of halogens is 4. The van der Waals surface area contributed by atoms with E-state index in [2.05, 4.69) is 21.0 Å². The lowest BCUT2D eigenvalue weighted by Crippen LogP contribution is -2.44. The van der Waals surface area contributed by atoms with E-state index in [1.807, 2.05) is 86.7 Å². The van der Waals surface area contributed by atoms with Gasteiger partial charge in [-0.1, -0.05) is 18.2 Å². The number of para-hydroxylation sites is 1. The standard InChI is InChI=1S/C20H26FIN4O5.C20H17FIN3O4.C6H15NO2/c1-6-26-18(28)15(17(27)24-31-10-9-30-20(2,3)4)16(25(5)19(26)29)23-14-8-7-12(22)11-13(14)21;1-3-25-18(26)16(19(27)29-13-7-5-4-6-8-13)17(24(2)20(25)28)23-15-10-9-12(22)11-14(15)21;1-6(2,3)8-4-5-9-7/h7-8,11,23H,6,9-10H2,1-5H3,(H,24,27);4-11,23H,3H2,1-2H3;4-5,7H2,1-3H3. The largest absolute Gasteiger partial charge is 0.423 e. The molecule has 23 heteroatoms. The number of nitrogens with two attached hydrogens (primary N) is 1. The normalized spacial score (nSPS) is 11.2. The summed E-state index contributed by atoms with van der Waals surface area (Å²) < 4.78 is 50.1. The van der Waals surface area contributed by atoms with Gasteiger partial charge in [-0.15, -0.1) is 0 Å². The zero-order chi connectivity index (χ0) is 51.8. The molecule has 5 aromatic rings. The van der Waals surface area contributed by atoms with Crippen molar-refractivity contribution in [3.63, 3.8) is 0 Å². The number of aromatic nitrogens is 4. The Hall–Kier alpha value is -5.32. The number of anilines is 4. The highest BCUT2D eigenvalue weighted by molar-refractivity contribution is 14.1. The van der Waals surface area contributed by atoms with Gasteiger partial charge in [-0.05, 0) is 149 Å². The summed E-state index contributed by atoms with van der Waals surface area (Å²) in [5.74, 6) is 1.71. The summed E-state index contributed by atoms with van der Waals surface area (Å²) in [6, 6.07) is 17.0. The minimum Gasteiger partial charge on any atom is -0.423 e. The number of carbonyl (C=O) groups excluding carboxylic acids is 2. The molecule has 0 atom stereocenters. The van der Waals surface area contributed by atoms with Crippen LogP contribution in [-0.2, 0) is 46.3 Å². The molecule has 0 aliphatic heterocycles. The number of hydroxylamine groups is 1. The van der Waals surface area contributed by atoms with Crippen molar-refractivity contribution in [1.82, 2.24) is 23.7 Å². The SMILES string of the molecule is CC(C)(C)OCCON.CCn1c(=O)c(C(=O)NOCCOC(C)(C)C)c(Nc2ccc(I)cc2F)n(C)c1=O.CCn1c(=O)c(C(=O)Oc2ccccc2)c(Nc2ccc(I)cc2F)n(C)c1=O. The molecule has 3 aromatic carbocycles. The fourth-order valence-corrected chi connectivity index (χ4v) is 6.72. The number of carbonyl (C=O) groups is 2. The molecule has 0 aliphatic carbocycles. The second-order valence-electron chi connectivity index (χ2n) is 16.5. The molecule has 0 bridgehead atoms.